The van der Waals surface area contributed by atoms with Gasteiger partial charge in [0, 0.05) is 27.5 Å². The summed E-state index contributed by atoms with van der Waals surface area (Å²) < 4.78 is 22.6. The standard InChI is InChI=1S/C18H20BrNO4S/c1-11(12-5-7-14(8-6-12)25(4)22)20-18(21)13-9-15(23-2)17(19)16(10-13)24-3/h5-11H,1-4H3,(H,20,21)/t11-,25+/m1/s1. The van der Waals surface area contributed by atoms with Crippen molar-refractivity contribution in [3.05, 3.63) is 52.0 Å². The number of rotatable bonds is 6. The van der Waals surface area contributed by atoms with Crippen molar-refractivity contribution < 1.29 is 18.5 Å². The fraction of sp³-hybridized carbons (Fsp3) is 0.278. The monoisotopic (exact) mass is 425 g/mol. The van der Waals surface area contributed by atoms with Gasteiger partial charge in [0.2, 0.25) is 0 Å². The van der Waals surface area contributed by atoms with Gasteiger partial charge >= 0.3 is 0 Å². The summed E-state index contributed by atoms with van der Waals surface area (Å²) >= 11 is 3.38. The summed E-state index contributed by atoms with van der Waals surface area (Å²) in [5, 5.41) is 2.94. The van der Waals surface area contributed by atoms with E-state index < -0.39 is 10.8 Å². The van der Waals surface area contributed by atoms with Crippen LogP contribution in [0, 0.1) is 0 Å². The topological polar surface area (TPSA) is 64.6 Å². The first-order valence-electron chi connectivity index (χ1n) is 7.53. The lowest BCUT2D eigenvalue weighted by molar-refractivity contribution is 0.0939. The van der Waals surface area contributed by atoms with Crippen LogP contribution in [0.3, 0.4) is 0 Å². The number of halogens is 1. The highest BCUT2D eigenvalue weighted by Crippen LogP contribution is 2.35. The molecular weight excluding hydrogens is 406 g/mol. The van der Waals surface area contributed by atoms with Gasteiger partial charge in [0.15, 0.2) is 0 Å². The van der Waals surface area contributed by atoms with Crippen molar-refractivity contribution in [1.29, 1.82) is 0 Å². The van der Waals surface area contributed by atoms with Gasteiger partial charge in [-0.3, -0.25) is 9.00 Å². The summed E-state index contributed by atoms with van der Waals surface area (Å²) in [7, 11) is 2.04. The van der Waals surface area contributed by atoms with Crippen LogP contribution in [0.5, 0.6) is 11.5 Å². The molecule has 5 nitrogen and oxygen atoms in total. The van der Waals surface area contributed by atoms with E-state index >= 15 is 0 Å². The zero-order chi connectivity index (χ0) is 18.6. The van der Waals surface area contributed by atoms with Crippen LogP contribution in [0.2, 0.25) is 0 Å². The number of nitrogens with one attached hydrogen (secondary N) is 1. The minimum absolute atomic E-state index is 0.201. The molecule has 0 aromatic heterocycles. The Kier molecular flexibility index (Phi) is 6.61. The second kappa shape index (κ2) is 8.49. The van der Waals surface area contributed by atoms with E-state index in [4.69, 9.17) is 9.47 Å². The lowest BCUT2D eigenvalue weighted by Gasteiger charge is -2.16. The van der Waals surface area contributed by atoms with E-state index in [0.717, 1.165) is 10.5 Å². The number of hydrogen-bond donors (Lipinski definition) is 1. The summed E-state index contributed by atoms with van der Waals surface area (Å²) in [5.41, 5.74) is 1.37. The van der Waals surface area contributed by atoms with Crippen molar-refractivity contribution >= 4 is 32.6 Å². The number of amides is 1. The Labute approximate surface area is 158 Å². The molecular formula is C18H20BrNO4S. The zero-order valence-electron chi connectivity index (χ0n) is 14.5. The number of carbonyl (C=O) groups is 1. The average molecular weight is 426 g/mol. The minimum Gasteiger partial charge on any atom is -0.495 e. The summed E-state index contributed by atoms with van der Waals surface area (Å²) in [6.07, 6.45) is 1.63. The van der Waals surface area contributed by atoms with Gasteiger partial charge < -0.3 is 14.8 Å². The predicted octanol–water partition coefficient (Wildman–Crippen LogP) is 3.69. The third-order valence-corrected chi connectivity index (χ3v) is 5.49. The van der Waals surface area contributed by atoms with E-state index in [2.05, 4.69) is 21.2 Å². The van der Waals surface area contributed by atoms with Crippen molar-refractivity contribution in [2.24, 2.45) is 0 Å². The molecule has 25 heavy (non-hydrogen) atoms. The summed E-state index contributed by atoms with van der Waals surface area (Å²) in [4.78, 5) is 13.3. The molecule has 1 N–H and O–H groups in total. The number of methoxy groups -OCH3 is 2. The van der Waals surface area contributed by atoms with Gasteiger partial charge in [0.05, 0.1) is 20.3 Å². The van der Waals surface area contributed by atoms with E-state index in [1.165, 1.54) is 14.2 Å². The van der Waals surface area contributed by atoms with E-state index in [1.54, 1.807) is 30.5 Å². The maximum absolute atomic E-state index is 12.6. The van der Waals surface area contributed by atoms with Crippen molar-refractivity contribution in [3.63, 3.8) is 0 Å². The van der Waals surface area contributed by atoms with Crippen LogP contribution in [-0.2, 0) is 10.8 Å². The quantitative estimate of drug-likeness (QED) is 0.765. The summed E-state index contributed by atoms with van der Waals surface area (Å²) in [6.45, 7) is 1.89. The molecule has 2 atom stereocenters. The number of ether oxygens (including phenoxy) is 2. The van der Waals surface area contributed by atoms with Crippen molar-refractivity contribution in [2.45, 2.75) is 17.9 Å². The number of carbonyl (C=O) groups excluding carboxylic acids is 1. The fourth-order valence-electron chi connectivity index (χ4n) is 2.31. The molecule has 0 aliphatic carbocycles. The highest BCUT2D eigenvalue weighted by Gasteiger charge is 2.17. The molecule has 0 fully saturated rings. The highest BCUT2D eigenvalue weighted by atomic mass is 79.9. The molecule has 0 saturated heterocycles. The Balaban J connectivity index is 2.19. The summed E-state index contributed by atoms with van der Waals surface area (Å²) in [6, 6.07) is 10.4. The van der Waals surface area contributed by atoms with Crippen molar-refractivity contribution in [3.8, 4) is 11.5 Å². The molecule has 0 aliphatic rings. The minimum atomic E-state index is -1.02. The first kappa shape index (κ1) is 19.5. The second-order valence-corrected chi connectivity index (χ2v) is 7.59. The van der Waals surface area contributed by atoms with Crippen LogP contribution < -0.4 is 14.8 Å². The molecule has 0 aliphatic heterocycles. The van der Waals surface area contributed by atoms with Crippen LogP contribution in [-0.4, -0.2) is 30.6 Å². The van der Waals surface area contributed by atoms with Crippen LogP contribution in [0.15, 0.2) is 45.8 Å². The number of benzene rings is 2. The van der Waals surface area contributed by atoms with Crippen LogP contribution in [0.1, 0.15) is 28.9 Å². The summed E-state index contributed by atoms with van der Waals surface area (Å²) in [5.74, 6) is 0.804. The highest BCUT2D eigenvalue weighted by molar-refractivity contribution is 9.10. The first-order chi connectivity index (χ1) is 11.9. The SMILES string of the molecule is COc1cc(C(=O)N[C@H](C)c2ccc([S@](C)=O)cc2)cc(OC)c1Br. The molecule has 2 aromatic rings. The number of hydrogen-bond acceptors (Lipinski definition) is 4. The van der Waals surface area contributed by atoms with E-state index in [-0.39, 0.29) is 11.9 Å². The molecule has 2 aromatic carbocycles. The Morgan fingerprint density at radius 3 is 2.08 bits per heavy atom. The van der Waals surface area contributed by atoms with Gasteiger partial charge in [-0.15, -0.1) is 0 Å². The van der Waals surface area contributed by atoms with Crippen molar-refractivity contribution in [1.82, 2.24) is 5.32 Å². The molecule has 7 heteroatoms. The zero-order valence-corrected chi connectivity index (χ0v) is 16.9. The van der Waals surface area contributed by atoms with Crippen molar-refractivity contribution in [2.75, 3.05) is 20.5 Å². The van der Waals surface area contributed by atoms with Gasteiger partial charge in [0.1, 0.15) is 16.0 Å². The van der Waals surface area contributed by atoms with Gasteiger partial charge in [-0.25, -0.2) is 0 Å². The first-order valence-corrected chi connectivity index (χ1v) is 9.88. The predicted molar refractivity (Wildman–Crippen MR) is 102 cm³/mol. The van der Waals surface area contributed by atoms with E-state index in [9.17, 15) is 9.00 Å². The van der Waals surface area contributed by atoms with Gasteiger partial charge in [-0.2, -0.15) is 0 Å². The Hall–Kier alpha value is -1.86. The third kappa shape index (κ3) is 4.61. The lowest BCUT2D eigenvalue weighted by Crippen LogP contribution is -2.26. The molecule has 0 radical (unpaired) electrons. The Bertz CT molecular complexity index is 767. The smallest absolute Gasteiger partial charge is 0.252 e. The Morgan fingerprint density at radius 2 is 1.64 bits per heavy atom. The molecule has 0 unspecified atom stereocenters. The van der Waals surface area contributed by atoms with Gasteiger partial charge in [-0.1, -0.05) is 12.1 Å². The molecule has 0 bridgehead atoms. The largest absolute Gasteiger partial charge is 0.495 e. The van der Waals surface area contributed by atoms with E-state index in [0.29, 0.717) is 21.5 Å². The molecule has 0 heterocycles. The van der Waals surface area contributed by atoms with Crippen LogP contribution in [0.4, 0.5) is 0 Å². The second-order valence-electron chi connectivity index (χ2n) is 5.41. The van der Waals surface area contributed by atoms with Crippen LogP contribution >= 0.6 is 15.9 Å². The lowest BCUT2D eigenvalue weighted by atomic mass is 10.1. The molecule has 1 amide bonds. The van der Waals surface area contributed by atoms with E-state index in [1.807, 2.05) is 19.1 Å². The molecule has 2 rings (SSSR count). The van der Waals surface area contributed by atoms with Gasteiger partial charge in [0.25, 0.3) is 5.91 Å². The molecule has 134 valence electrons. The fourth-order valence-corrected chi connectivity index (χ4v) is 3.38. The third-order valence-electron chi connectivity index (χ3n) is 3.77. The Morgan fingerprint density at radius 1 is 1.12 bits per heavy atom. The maximum Gasteiger partial charge on any atom is 0.252 e. The average Bonchev–Trinajstić information content (AvgIpc) is 2.61. The normalized spacial score (nSPS) is 13.0. The molecule has 0 spiro atoms. The molecule has 0 saturated carbocycles. The maximum atomic E-state index is 12.6. The van der Waals surface area contributed by atoms with Crippen LogP contribution in [0.25, 0.3) is 0 Å². The van der Waals surface area contributed by atoms with Gasteiger partial charge in [-0.05, 0) is 52.7 Å².